The molecule has 148 valence electrons. The summed E-state index contributed by atoms with van der Waals surface area (Å²) in [7, 11) is 1.33. The third-order valence-electron chi connectivity index (χ3n) is 4.05. The van der Waals surface area contributed by atoms with Gasteiger partial charge in [-0.2, -0.15) is 0 Å². The predicted molar refractivity (Wildman–Crippen MR) is 119 cm³/mol. The molecule has 0 aromatic heterocycles. The Kier molecular flexibility index (Phi) is 8.28. The van der Waals surface area contributed by atoms with Crippen LogP contribution >= 0.6 is 0 Å². The fourth-order valence-corrected chi connectivity index (χ4v) is 2.58. The highest BCUT2D eigenvalue weighted by Gasteiger charge is 2.17. The van der Waals surface area contributed by atoms with E-state index in [0.717, 1.165) is 22.4 Å². The number of hydrogen-bond donors (Lipinski definition) is 0. The normalized spacial score (nSPS) is 11.0. The molecule has 0 bridgehead atoms. The lowest BCUT2D eigenvalue weighted by Gasteiger charge is -2.20. The number of oxime groups is 1. The van der Waals surface area contributed by atoms with E-state index in [-0.39, 0.29) is 6.54 Å². The van der Waals surface area contributed by atoms with E-state index in [9.17, 15) is 4.79 Å². The van der Waals surface area contributed by atoms with Crippen molar-refractivity contribution >= 4 is 29.6 Å². The van der Waals surface area contributed by atoms with E-state index in [1.54, 1.807) is 6.08 Å². The summed E-state index contributed by atoms with van der Waals surface area (Å²) in [5, 5.41) is 4.04. The maximum absolute atomic E-state index is 12.1. The average molecular weight is 388 g/mol. The molecule has 0 atom stereocenters. The minimum absolute atomic E-state index is 0.124. The summed E-state index contributed by atoms with van der Waals surface area (Å²) in [5.74, 6) is 2.49. The van der Waals surface area contributed by atoms with Crippen LogP contribution in [-0.2, 0) is 9.57 Å². The zero-order valence-electron chi connectivity index (χ0n) is 16.7. The van der Waals surface area contributed by atoms with Gasteiger partial charge in [-0.25, -0.2) is 4.79 Å². The second kappa shape index (κ2) is 11.2. The lowest BCUT2D eigenvalue weighted by molar-refractivity contribution is 0.175. The number of benzene rings is 2. The van der Waals surface area contributed by atoms with Crippen molar-refractivity contribution in [1.82, 2.24) is 0 Å². The molecular formula is C24H24N2O3. The standard InChI is InChI=1S/C24H24N2O3/c1-5-17-26(24(27)28-4)23-10-8-7-9-22(23)16-13-20-11-14-21(15-12-20)19(3)25-29-18-6-2/h1,6-16H,2,17-18H2,3-4H3. The van der Waals surface area contributed by atoms with Crippen LogP contribution in [0.25, 0.3) is 12.2 Å². The van der Waals surface area contributed by atoms with Crippen molar-refractivity contribution in [2.75, 3.05) is 25.2 Å². The van der Waals surface area contributed by atoms with Crippen LogP contribution < -0.4 is 4.90 Å². The topological polar surface area (TPSA) is 51.1 Å². The lowest BCUT2D eigenvalue weighted by atomic mass is 10.1. The highest BCUT2D eigenvalue weighted by molar-refractivity contribution is 5.98. The number of rotatable bonds is 8. The highest BCUT2D eigenvalue weighted by Crippen LogP contribution is 2.23. The SMILES string of the molecule is C#CCN(C(=O)OC)c1ccccc1C=Cc1ccc(C(C)=NOCC=C)cc1. The van der Waals surface area contributed by atoms with Gasteiger partial charge in [0.25, 0.3) is 0 Å². The van der Waals surface area contributed by atoms with Gasteiger partial charge in [-0.3, -0.25) is 4.90 Å². The lowest BCUT2D eigenvalue weighted by Crippen LogP contribution is -2.31. The summed E-state index contributed by atoms with van der Waals surface area (Å²) >= 11 is 0. The fraction of sp³-hybridized carbons (Fsp3) is 0.167. The van der Waals surface area contributed by atoms with Gasteiger partial charge >= 0.3 is 6.09 Å². The van der Waals surface area contributed by atoms with Gasteiger partial charge in [0, 0.05) is 0 Å². The molecule has 1 amide bonds. The molecule has 2 aromatic carbocycles. The van der Waals surface area contributed by atoms with Crippen LogP contribution in [0.1, 0.15) is 23.6 Å². The van der Waals surface area contributed by atoms with Gasteiger partial charge in [-0.15, -0.1) is 6.42 Å². The number of anilines is 1. The molecule has 5 nitrogen and oxygen atoms in total. The average Bonchev–Trinajstić information content (AvgIpc) is 2.76. The summed E-state index contributed by atoms with van der Waals surface area (Å²) in [4.78, 5) is 18.6. The van der Waals surface area contributed by atoms with Crippen LogP contribution in [0.15, 0.2) is 66.3 Å². The molecule has 0 N–H and O–H groups in total. The quantitative estimate of drug-likeness (QED) is 0.160. The number of hydrogen-bond acceptors (Lipinski definition) is 4. The van der Waals surface area contributed by atoms with E-state index in [4.69, 9.17) is 16.0 Å². The monoisotopic (exact) mass is 388 g/mol. The number of carbonyl (C=O) groups is 1. The van der Waals surface area contributed by atoms with Crippen LogP contribution in [0.5, 0.6) is 0 Å². The van der Waals surface area contributed by atoms with Crippen LogP contribution in [0, 0.1) is 12.3 Å². The van der Waals surface area contributed by atoms with Crippen molar-refractivity contribution < 1.29 is 14.4 Å². The molecule has 2 aromatic rings. The van der Waals surface area contributed by atoms with Crippen molar-refractivity contribution in [3.63, 3.8) is 0 Å². The molecule has 0 aliphatic rings. The van der Waals surface area contributed by atoms with Crippen molar-refractivity contribution in [2.45, 2.75) is 6.92 Å². The van der Waals surface area contributed by atoms with Gasteiger partial charge < -0.3 is 9.57 Å². The molecule has 5 heteroatoms. The summed E-state index contributed by atoms with van der Waals surface area (Å²) in [6.07, 6.45) is 10.5. The van der Waals surface area contributed by atoms with Gasteiger partial charge in [0.05, 0.1) is 25.1 Å². The number of nitrogens with zero attached hydrogens (tertiary/aromatic N) is 2. The van der Waals surface area contributed by atoms with Crippen LogP contribution in [0.4, 0.5) is 10.5 Å². The van der Waals surface area contributed by atoms with Crippen LogP contribution in [-0.4, -0.2) is 32.1 Å². The van der Waals surface area contributed by atoms with E-state index in [0.29, 0.717) is 12.3 Å². The summed E-state index contributed by atoms with van der Waals surface area (Å²) in [6, 6.07) is 15.4. The van der Waals surface area contributed by atoms with Crippen molar-refractivity contribution in [2.24, 2.45) is 5.16 Å². The molecule has 0 aliphatic carbocycles. The van der Waals surface area contributed by atoms with Gasteiger partial charge in [-0.05, 0) is 29.7 Å². The first-order valence-electron chi connectivity index (χ1n) is 9.04. The molecule has 0 saturated carbocycles. The van der Waals surface area contributed by atoms with Gasteiger partial charge in [-0.1, -0.05) is 78.3 Å². The molecule has 0 unspecified atom stereocenters. The smallest absolute Gasteiger partial charge is 0.414 e. The summed E-state index contributed by atoms with van der Waals surface area (Å²) < 4.78 is 4.85. The minimum atomic E-state index is -0.499. The van der Waals surface area contributed by atoms with Gasteiger partial charge in [0.1, 0.15) is 6.61 Å². The number of ether oxygens (including phenoxy) is 1. The number of para-hydroxylation sites is 1. The summed E-state index contributed by atoms with van der Waals surface area (Å²) in [5.41, 5.74) is 4.30. The van der Waals surface area contributed by atoms with E-state index < -0.39 is 6.09 Å². The minimum Gasteiger partial charge on any atom is -0.452 e. The fourth-order valence-electron chi connectivity index (χ4n) is 2.58. The van der Waals surface area contributed by atoms with Crippen molar-refractivity contribution in [3.05, 3.63) is 77.9 Å². The Labute approximate surface area is 171 Å². The third-order valence-corrected chi connectivity index (χ3v) is 4.05. The Bertz CT molecular complexity index is 937. The third kappa shape index (κ3) is 6.12. The first kappa shape index (κ1) is 21.5. The number of amides is 1. The van der Waals surface area contributed by atoms with E-state index in [2.05, 4.69) is 17.7 Å². The molecule has 0 aliphatic heterocycles. The largest absolute Gasteiger partial charge is 0.452 e. The highest BCUT2D eigenvalue weighted by atomic mass is 16.6. The predicted octanol–water partition coefficient (Wildman–Crippen LogP) is 4.99. The van der Waals surface area contributed by atoms with Crippen LogP contribution in [0.2, 0.25) is 0 Å². The molecule has 0 spiro atoms. The first-order valence-corrected chi connectivity index (χ1v) is 9.04. The number of methoxy groups -OCH3 is 1. The Morgan fingerprint density at radius 3 is 2.59 bits per heavy atom. The van der Waals surface area contributed by atoms with E-state index in [1.807, 2.05) is 67.6 Å². The zero-order valence-corrected chi connectivity index (χ0v) is 16.7. The molecule has 2 rings (SSSR count). The second-order valence-electron chi connectivity index (χ2n) is 6.04. The van der Waals surface area contributed by atoms with Crippen LogP contribution in [0.3, 0.4) is 0 Å². The molecule has 0 fully saturated rings. The molecule has 29 heavy (non-hydrogen) atoms. The Morgan fingerprint density at radius 1 is 1.21 bits per heavy atom. The van der Waals surface area contributed by atoms with Gasteiger partial charge in [0.2, 0.25) is 0 Å². The Hall–Kier alpha value is -3.78. The van der Waals surface area contributed by atoms with E-state index in [1.165, 1.54) is 12.0 Å². The number of carbonyl (C=O) groups excluding carboxylic acids is 1. The number of terminal acetylenes is 1. The maximum atomic E-state index is 12.1. The molecule has 0 heterocycles. The maximum Gasteiger partial charge on any atom is 0.414 e. The summed E-state index contributed by atoms with van der Waals surface area (Å²) in [6.45, 7) is 5.97. The second-order valence-corrected chi connectivity index (χ2v) is 6.04. The van der Waals surface area contributed by atoms with E-state index >= 15 is 0 Å². The molecule has 0 radical (unpaired) electrons. The first-order chi connectivity index (χ1) is 14.1. The Balaban J connectivity index is 2.22. The Morgan fingerprint density at radius 2 is 1.93 bits per heavy atom. The molecule has 0 saturated heterocycles. The molecular weight excluding hydrogens is 364 g/mol. The van der Waals surface area contributed by atoms with Gasteiger partial charge in [0.15, 0.2) is 0 Å². The van der Waals surface area contributed by atoms with Crippen molar-refractivity contribution in [3.8, 4) is 12.3 Å². The van der Waals surface area contributed by atoms with Crippen molar-refractivity contribution in [1.29, 1.82) is 0 Å². The zero-order chi connectivity index (χ0) is 21.1.